The van der Waals surface area contributed by atoms with Crippen molar-refractivity contribution in [3.63, 3.8) is 0 Å². The number of piperidine rings is 1. The summed E-state index contributed by atoms with van der Waals surface area (Å²) in [5.41, 5.74) is 0.721. The van der Waals surface area contributed by atoms with E-state index in [4.69, 9.17) is 4.74 Å². The maximum absolute atomic E-state index is 13.8. The Morgan fingerprint density at radius 2 is 1.96 bits per heavy atom. The Kier molecular flexibility index (Phi) is 6.29. The van der Waals surface area contributed by atoms with E-state index in [1.165, 1.54) is 12.1 Å². The average molecular weight is 384 g/mol. The van der Waals surface area contributed by atoms with Crippen LogP contribution in [0, 0.1) is 11.7 Å². The summed E-state index contributed by atoms with van der Waals surface area (Å²) in [6.07, 6.45) is 1.47. The highest BCUT2D eigenvalue weighted by Crippen LogP contribution is 2.24. The van der Waals surface area contributed by atoms with Crippen LogP contribution in [0.2, 0.25) is 0 Å². The summed E-state index contributed by atoms with van der Waals surface area (Å²) in [5.74, 6) is -0.111. The van der Waals surface area contributed by atoms with Gasteiger partial charge in [-0.25, -0.2) is 9.18 Å². The molecule has 0 spiro atoms. The van der Waals surface area contributed by atoms with E-state index < -0.39 is 5.82 Å². The number of ether oxygens (including phenoxy) is 1. The molecule has 0 unspecified atom stereocenters. The first kappa shape index (κ1) is 19.9. The molecule has 1 aliphatic rings. The molecule has 1 heterocycles. The van der Waals surface area contributed by atoms with E-state index in [2.05, 4.69) is 5.32 Å². The van der Waals surface area contributed by atoms with Gasteiger partial charge in [0.15, 0.2) is 5.78 Å². The number of nitrogens with zero attached hydrogens (tertiary/aromatic N) is 1. The van der Waals surface area contributed by atoms with Crippen LogP contribution in [-0.4, -0.2) is 35.9 Å². The number of rotatable bonds is 5. The largest absolute Gasteiger partial charge is 0.491 e. The number of anilines is 1. The molecule has 0 radical (unpaired) electrons. The zero-order valence-corrected chi connectivity index (χ0v) is 16.2. The molecule has 0 saturated carbocycles. The van der Waals surface area contributed by atoms with E-state index in [0.717, 1.165) is 12.8 Å². The van der Waals surface area contributed by atoms with Gasteiger partial charge in [0.05, 0.1) is 11.8 Å². The van der Waals surface area contributed by atoms with Crippen LogP contribution in [0.4, 0.5) is 14.9 Å². The first-order valence-electron chi connectivity index (χ1n) is 9.55. The van der Waals surface area contributed by atoms with Gasteiger partial charge in [-0.2, -0.15) is 0 Å². The van der Waals surface area contributed by atoms with Crippen molar-refractivity contribution >= 4 is 17.5 Å². The maximum Gasteiger partial charge on any atom is 0.321 e. The Balaban J connectivity index is 1.66. The van der Waals surface area contributed by atoms with Crippen molar-refractivity contribution in [2.75, 3.05) is 18.4 Å². The molecule has 1 atom stereocenters. The fraction of sp³-hybridized carbons (Fsp3) is 0.364. The van der Waals surface area contributed by atoms with Crippen molar-refractivity contribution in [1.82, 2.24) is 4.90 Å². The van der Waals surface area contributed by atoms with E-state index >= 15 is 0 Å². The molecular formula is C22H25FN2O3. The molecule has 2 amide bonds. The van der Waals surface area contributed by atoms with Crippen LogP contribution in [0.5, 0.6) is 5.75 Å². The molecule has 5 nitrogen and oxygen atoms in total. The Morgan fingerprint density at radius 3 is 2.71 bits per heavy atom. The van der Waals surface area contributed by atoms with Crippen LogP contribution in [0.1, 0.15) is 37.0 Å². The molecule has 2 aromatic rings. The van der Waals surface area contributed by atoms with E-state index in [9.17, 15) is 14.0 Å². The molecular weight excluding hydrogens is 359 g/mol. The first-order chi connectivity index (χ1) is 13.4. The summed E-state index contributed by atoms with van der Waals surface area (Å²) in [4.78, 5) is 27.0. The number of para-hydroxylation sites is 1. The van der Waals surface area contributed by atoms with Crippen molar-refractivity contribution in [2.24, 2.45) is 5.92 Å². The van der Waals surface area contributed by atoms with E-state index in [-0.39, 0.29) is 29.5 Å². The fourth-order valence-corrected chi connectivity index (χ4v) is 3.36. The number of amides is 2. The molecule has 1 fully saturated rings. The van der Waals surface area contributed by atoms with E-state index in [0.29, 0.717) is 24.4 Å². The summed E-state index contributed by atoms with van der Waals surface area (Å²) < 4.78 is 19.4. The van der Waals surface area contributed by atoms with Gasteiger partial charge in [-0.3, -0.25) is 4.79 Å². The first-order valence-corrected chi connectivity index (χ1v) is 9.55. The smallest absolute Gasteiger partial charge is 0.321 e. The summed E-state index contributed by atoms with van der Waals surface area (Å²) in [5, 5.41) is 2.59. The highest BCUT2D eigenvalue weighted by Gasteiger charge is 2.29. The van der Waals surface area contributed by atoms with Gasteiger partial charge in [-0.05, 0) is 51.0 Å². The van der Waals surface area contributed by atoms with Crippen LogP contribution in [-0.2, 0) is 0 Å². The topological polar surface area (TPSA) is 58.6 Å². The number of likely N-dealkylation sites (tertiary alicyclic amines) is 1. The number of Topliss-reactive ketones (excluding diaryl/α,β-unsaturated/α-hetero) is 1. The van der Waals surface area contributed by atoms with E-state index in [1.807, 2.05) is 19.9 Å². The normalized spacial score (nSPS) is 16.7. The van der Waals surface area contributed by atoms with Crippen molar-refractivity contribution in [2.45, 2.75) is 32.8 Å². The quantitative estimate of drug-likeness (QED) is 0.758. The number of hydrogen-bond donors (Lipinski definition) is 1. The molecule has 3 rings (SSSR count). The number of nitrogens with one attached hydrogen (secondary N) is 1. The zero-order chi connectivity index (χ0) is 20.1. The summed E-state index contributed by atoms with van der Waals surface area (Å²) in [6, 6.07) is 12.8. The summed E-state index contributed by atoms with van der Waals surface area (Å²) >= 11 is 0. The minimum Gasteiger partial charge on any atom is -0.491 e. The van der Waals surface area contributed by atoms with Gasteiger partial charge in [0.1, 0.15) is 11.6 Å². The molecule has 1 N–H and O–H groups in total. The third-order valence-corrected chi connectivity index (χ3v) is 4.69. The highest BCUT2D eigenvalue weighted by atomic mass is 19.1. The lowest BCUT2D eigenvalue weighted by molar-refractivity contribution is 0.0850. The number of urea groups is 1. The van der Waals surface area contributed by atoms with Gasteiger partial charge in [-0.15, -0.1) is 0 Å². The fourth-order valence-electron chi connectivity index (χ4n) is 3.36. The molecule has 0 bridgehead atoms. The maximum atomic E-state index is 13.8. The standard InChI is InChI=1S/C22H25FN2O3/c1-15(2)28-18-9-5-7-16(13-18)21(26)17-8-6-12-25(14-17)22(27)24-20-11-4-3-10-19(20)23/h3-5,7,9-11,13,15,17H,6,8,12,14H2,1-2H3,(H,24,27)/t17-/m1/s1. The van der Waals surface area contributed by atoms with E-state index in [1.54, 1.807) is 35.2 Å². The van der Waals surface area contributed by atoms with Gasteiger partial charge < -0.3 is 15.0 Å². The zero-order valence-electron chi connectivity index (χ0n) is 16.2. The van der Waals surface area contributed by atoms with Crippen LogP contribution >= 0.6 is 0 Å². The van der Waals surface area contributed by atoms with Crippen molar-refractivity contribution in [1.29, 1.82) is 0 Å². The predicted molar refractivity (Wildman–Crippen MR) is 106 cm³/mol. The number of benzene rings is 2. The Morgan fingerprint density at radius 1 is 1.18 bits per heavy atom. The lowest BCUT2D eigenvalue weighted by Gasteiger charge is -2.32. The molecule has 1 saturated heterocycles. The average Bonchev–Trinajstić information content (AvgIpc) is 2.69. The number of carbonyl (C=O) groups excluding carboxylic acids is 2. The molecule has 1 aliphatic heterocycles. The van der Waals surface area contributed by atoms with Gasteiger partial charge in [0.2, 0.25) is 0 Å². The van der Waals surface area contributed by atoms with Gasteiger partial charge >= 0.3 is 6.03 Å². The van der Waals surface area contributed by atoms with Crippen LogP contribution < -0.4 is 10.1 Å². The van der Waals surface area contributed by atoms with Crippen molar-refractivity contribution in [3.05, 3.63) is 59.9 Å². The second-order valence-corrected chi connectivity index (χ2v) is 7.25. The molecule has 2 aromatic carbocycles. The van der Waals surface area contributed by atoms with Gasteiger partial charge in [0.25, 0.3) is 0 Å². The minimum atomic E-state index is -0.484. The molecule has 0 aliphatic carbocycles. The monoisotopic (exact) mass is 384 g/mol. The second kappa shape index (κ2) is 8.87. The second-order valence-electron chi connectivity index (χ2n) is 7.25. The highest BCUT2D eigenvalue weighted by molar-refractivity contribution is 5.99. The predicted octanol–water partition coefficient (Wildman–Crippen LogP) is 4.74. The number of ketones is 1. The summed E-state index contributed by atoms with van der Waals surface area (Å²) in [6.45, 7) is 4.72. The third kappa shape index (κ3) is 4.88. The van der Waals surface area contributed by atoms with Crippen LogP contribution in [0.3, 0.4) is 0 Å². The molecule has 0 aromatic heterocycles. The third-order valence-electron chi connectivity index (χ3n) is 4.69. The molecule has 28 heavy (non-hydrogen) atoms. The van der Waals surface area contributed by atoms with Gasteiger partial charge in [-0.1, -0.05) is 24.3 Å². The van der Waals surface area contributed by atoms with Crippen LogP contribution in [0.25, 0.3) is 0 Å². The molecule has 148 valence electrons. The van der Waals surface area contributed by atoms with Gasteiger partial charge in [0, 0.05) is 24.6 Å². The Bertz CT molecular complexity index is 853. The SMILES string of the molecule is CC(C)Oc1cccc(C(=O)[C@@H]2CCCN(C(=O)Nc3ccccc3F)C2)c1. The van der Waals surface area contributed by atoms with Crippen molar-refractivity contribution < 1.29 is 18.7 Å². The van der Waals surface area contributed by atoms with Crippen LogP contribution in [0.15, 0.2) is 48.5 Å². The number of halogens is 1. The number of carbonyl (C=O) groups is 2. The Labute approximate surface area is 164 Å². The Hall–Kier alpha value is -2.89. The number of hydrogen-bond acceptors (Lipinski definition) is 3. The molecule has 6 heteroatoms. The van der Waals surface area contributed by atoms with Crippen molar-refractivity contribution in [3.8, 4) is 5.75 Å². The lowest BCUT2D eigenvalue weighted by atomic mass is 9.90. The minimum absolute atomic E-state index is 0.00222. The lowest BCUT2D eigenvalue weighted by Crippen LogP contribution is -2.44. The summed E-state index contributed by atoms with van der Waals surface area (Å²) in [7, 11) is 0.